The number of amides is 1. The monoisotopic (exact) mass is 563 g/mol. The average Bonchev–Trinajstić information content (AvgIpc) is 2.89. The maximum Gasteiger partial charge on any atom is 0.573 e. The minimum absolute atomic E-state index is 0.0177. The van der Waals surface area contributed by atoms with Crippen molar-refractivity contribution in [1.29, 1.82) is 0 Å². The zero-order chi connectivity index (χ0) is 28.4. The lowest BCUT2D eigenvalue weighted by molar-refractivity contribution is -0.275. The molecular weight excluding hydrogens is 535 g/mol. The number of para-hydroxylation sites is 2. The van der Waals surface area contributed by atoms with Gasteiger partial charge >= 0.3 is 12.3 Å². The molecule has 10 heteroatoms. The lowest BCUT2D eigenvalue weighted by Crippen LogP contribution is -2.26. The van der Waals surface area contributed by atoms with Crippen molar-refractivity contribution in [2.75, 3.05) is 13.2 Å². The van der Waals surface area contributed by atoms with Gasteiger partial charge in [-0.25, -0.2) is 0 Å². The van der Waals surface area contributed by atoms with E-state index >= 15 is 0 Å². The van der Waals surface area contributed by atoms with Gasteiger partial charge in [-0.2, -0.15) is 0 Å². The molecule has 208 valence electrons. The Morgan fingerprint density at radius 3 is 2.10 bits per heavy atom. The molecule has 0 saturated heterocycles. The van der Waals surface area contributed by atoms with Gasteiger partial charge in [0.25, 0.3) is 5.91 Å². The molecule has 0 saturated carbocycles. The minimum Gasteiger partial charge on any atom is -0.489 e. The second kappa shape index (κ2) is 13.9. The highest BCUT2D eigenvalue weighted by Gasteiger charge is 2.33. The van der Waals surface area contributed by atoms with E-state index < -0.39 is 18.1 Å². The average molecular weight is 564 g/mol. The van der Waals surface area contributed by atoms with Gasteiger partial charge in [-0.3, -0.25) is 9.59 Å². The Labute approximate surface area is 229 Å². The van der Waals surface area contributed by atoms with Crippen LogP contribution in [-0.2, 0) is 4.79 Å². The maximum absolute atomic E-state index is 12.9. The van der Waals surface area contributed by atoms with Crippen molar-refractivity contribution in [3.8, 4) is 11.5 Å². The van der Waals surface area contributed by atoms with Gasteiger partial charge in [0.1, 0.15) is 0 Å². The predicted molar refractivity (Wildman–Crippen MR) is 141 cm³/mol. The van der Waals surface area contributed by atoms with Gasteiger partial charge in [0, 0.05) is 23.0 Å². The molecule has 0 radical (unpaired) electrons. The molecule has 0 aliphatic rings. The number of carboxylic acid groups (broad SMARTS) is 1. The Morgan fingerprint density at radius 2 is 1.51 bits per heavy atom. The van der Waals surface area contributed by atoms with Crippen molar-refractivity contribution < 1.29 is 37.3 Å². The zero-order valence-corrected chi connectivity index (χ0v) is 22.0. The Bertz CT molecular complexity index is 1230. The van der Waals surface area contributed by atoms with Crippen LogP contribution in [0.2, 0.25) is 5.02 Å². The number of halogens is 4. The number of carboxylic acids is 1. The number of ether oxygens (including phenoxy) is 2. The molecule has 0 heterocycles. The summed E-state index contributed by atoms with van der Waals surface area (Å²) in [5.74, 6) is -2.21. The number of nitrogens with one attached hydrogen (secondary N) is 1. The molecule has 39 heavy (non-hydrogen) atoms. The summed E-state index contributed by atoms with van der Waals surface area (Å²) < 4.78 is 48.8. The smallest absolute Gasteiger partial charge is 0.489 e. The minimum atomic E-state index is -4.86. The molecular formula is C29H29ClF3NO5. The quantitative estimate of drug-likeness (QED) is 0.230. The lowest BCUT2D eigenvalue weighted by Gasteiger charge is -2.29. The first kappa shape index (κ1) is 29.8. The predicted octanol–water partition coefficient (Wildman–Crippen LogP) is 7.19. The van der Waals surface area contributed by atoms with Crippen LogP contribution in [-0.4, -0.2) is 36.5 Å². The molecule has 2 N–H and O–H groups in total. The Kier molecular flexibility index (Phi) is 10.6. The van der Waals surface area contributed by atoms with Crippen LogP contribution in [0.1, 0.15) is 59.5 Å². The summed E-state index contributed by atoms with van der Waals surface area (Å²) in [7, 11) is 0. The van der Waals surface area contributed by atoms with Gasteiger partial charge in [-0.05, 0) is 59.9 Å². The number of benzene rings is 3. The van der Waals surface area contributed by atoms with E-state index in [2.05, 4.69) is 10.1 Å². The van der Waals surface area contributed by atoms with Crippen LogP contribution < -0.4 is 14.8 Å². The first-order chi connectivity index (χ1) is 18.6. The molecule has 3 aromatic carbocycles. The summed E-state index contributed by atoms with van der Waals surface area (Å²) in [4.78, 5) is 23.1. The van der Waals surface area contributed by atoms with E-state index in [1.807, 2.05) is 31.2 Å². The Balaban J connectivity index is 1.88. The highest BCUT2D eigenvalue weighted by Crippen LogP contribution is 2.39. The summed E-state index contributed by atoms with van der Waals surface area (Å²) in [6, 6.07) is 19.8. The molecule has 3 rings (SSSR count). The number of aliphatic carboxylic acids is 1. The third-order valence-corrected chi connectivity index (χ3v) is 6.35. The standard InChI is InChI=1S/C29H29ClF3NO5/c1-2-5-23(19-8-10-21(11-9-19)28(37)34-17-16-27(35)36)24(20-12-14-22(30)15-13-20)18-38-25-6-3-4-7-26(25)39-29(31,32)33/h3-4,6-15,23-24H,2,5,16-18H2,1H3,(H,34,37)(H,35,36). The van der Waals surface area contributed by atoms with E-state index in [9.17, 15) is 22.8 Å². The van der Waals surface area contributed by atoms with Crippen LogP contribution in [0, 0.1) is 0 Å². The van der Waals surface area contributed by atoms with Crippen LogP contribution in [0.3, 0.4) is 0 Å². The zero-order valence-electron chi connectivity index (χ0n) is 21.2. The molecule has 0 bridgehead atoms. The van der Waals surface area contributed by atoms with Gasteiger partial charge in [-0.15, -0.1) is 13.2 Å². The summed E-state index contributed by atoms with van der Waals surface area (Å²) in [5.41, 5.74) is 2.20. The topological polar surface area (TPSA) is 84.9 Å². The van der Waals surface area contributed by atoms with Crippen LogP contribution in [0.25, 0.3) is 0 Å². The first-order valence-electron chi connectivity index (χ1n) is 12.4. The maximum atomic E-state index is 12.9. The van der Waals surface area contributed by atoms with Crippen molar-refractivity contribution in [1.82, 2.24) is 5.32 Å². The second-order valence-corrected chi connectivity index (χ2v) is 9.32. The molecule has 0 spiro atoms. The highest BCUT2D eigenvalue weighted by molar-refractivity contribution is 6.30. The molecule has 6 nitrogen and oxygen atoms in total. The number of hydrogen-bond donors (Lipinski definition) is 2. The lowest BCUT2D eigenvalue weighted by atomic mass is 9.79. The molecule has 2 atom stereocenters. The van der Waals surface area contributed by atoms with Gasteiger partial charge in [0.15, 0.2) is 11.5 Å². The fourth-order valence-electron chi connectivity index (χ4n) is 4.29. The van der Waals surface area contributed by atoms with Crippen molar-refractivity contribution in [3.05, 3.63) is 94.5 Å². The van der Waals surface area contributed by atoms with Gasteiger partial charge < -0.3 is 19.9 Å². The number of carbonyl (C=O) groups is 2. The van der Waals surface area contributed by atoms with E-state index in [0.29, 0.717) is 10.6 Å². The summed E-state index contributed by atoms with van der Waals surface area (Å²) in [6.07, 6.45) is -3.48. The van der Waals surface area contributed by atoms with Gasteiger partial charge in [0.05, 0.1) is 13.0 Å². The fraction of sp³-hybridized carbons (Fsp3) is 0.310. The Hall–Kier alpha value is -3.72. The second-order valence-electron chi connectivity index (χ2n) is 8.88. The van der Waals surface area contributed by atoms with Crippen LogP contribution >= 0.6 is 11.6 Å². The number of carbonyl (C=O) groups excluding carboxylic acids is 1. The third kappa shape index (κ3) is 9.21. The van der Waals surface area contributed by atoms with Crippen LogP contribution in [0.5, 0.6) is 11.5 Å². The number of rotatable bonds is 13. The van der Waals surface area contributed by atoms with Crippen molar-refractivity contribution in [2.24, 2.45) is 0 Å². The molecule has 0 aromatic heterocycles. The van der Waals surface area contributed by atoms with Crippen molar-refractivity contribution in [3.63, 3.8) is 0 Å². The molecule has 2 unspecified atom stereocenters. The van der Waals surface area contributed by atoms with E-state index in [-0.39, 0.29) is 43.1 Å². The number of alkyl halides is 3. The Morgan fingerprint density at radius 1 is 0.923 bits per heavy atom. The molecule has 0 aliphatic carbocycles. The van der Waals surface area contributed by atoms with E-state index in [1.54, 1.807) is 30.3 Å². The fourth-order valence-corrected chi connectivity index (χ4v) is 4.42. The first-order valence-corrected chi connectivity index (χ1v) is 12.8. The van der Waals surface area contributed by atoms with Crippen molar-refractivity contribution in [2.45, 2.75) is 44.4 Å². The highest BCUT2D eigenvalue weighted by atomic mass is 35.5. The normalized spacial score (nSPS) is 12.8. The SMILES string of the molecule is CCCC(c1ccc(C(=O)NCCC(=O)O)cc1)C(COc1ccccc1OC(F)(F)F)c1ccc(Cl)cc1. The third-order valence-electron chi connectivity index (χ3n) is 6.10. The van der Waals surface area contributed by atoms with Gasteiger partial charge in [-0.1, -0.05) is 61.3 Å². The van der Waals surface area contributed by atoms with Gasteiger partial charge in [0.2, 0.25) is 0 Å². The van der Waals surface area contributed by atoms with E-state index in [4.69, 9.17) is 21.4 Å². The van der Waals surface area contributed by atoms with E-state index in [0.717, 1.165) is 24.0 Å². The summed E-state index contributed by atoms with van der Waals surface area (Å²) in [5, 5.41) is 11.9. The molecule has 0 aliphatic heterocycles. The molecule has 1 amide bonds. The van der Waals surface area contributed by atoms with Crippen LogP contribution in [0.15, 0.2) is 72.8 Å². The summed E-state index contributed by atoms with van der Waals surface area (Å²) >= 11 is 6.11. The number of hydrogen-bond acceptors (Lipinski definition) is 4. The van der Waals surface area contributed by atoms with Crippen LogP contribution in [0.4, 0.5) is 13.2 Å². The van der Waals surface area contributed by atoms with E-state index in [1.165, 1.54) is 18.2 Å². The van der Waals surface area contributed by atoms with Crippen molar-refractivity contribution >= 4 is 23.5 Å². The summed E-state index contributed by atoms with van der Waals surface area (Å²) in [6.45, 7) is 2.11. The molecule has 0 fully saturated rings. The largest absolute Gasteiger partial charge is 0.573 e. The molecule has 3 aromatic rings.